The fraction of sp³-hybridized carbons (Fsp3) is 0.455. The third-order valence-corrected chi connectivity index (χ3v) is 5.18. The lowest BCUT2D eigenvalue weighted by Gasteiger charge is -2.35. The second kappa shape index (κ2) is 10.9. The molecule has 1 heterocycles. The summed E-state index contributed by atoms with van der Waals surface area (Å²) in [6.07, 6.45) is 0. The van der Waals surface area contributed by atoms with Crippen molar-refractivity contribution in [3.63, 3.8) is 0 Å². The highest BCUT2D eigenvalue weighted by Gasteiger charge is 2.20. The van der Waals surface area contributed by atoms with Crippen LogP contribution in [-0.2, 0) is 11.3 Å². The predicted molar refractivity (Wildman–Crippen MR) is 112 cm³/mol. The number of hydrogen-bond donors (Lipinski definition) is 0. The van der Waals surface area contributed by atoms with Crippen LogP contribution >= 0.6 is 0 Å². The number of hydrogen-bond acceptors (Lipinski definition) is 6. The van der Waals surface area contributed by atoms with Gasteiger partial charge in [0.05, 0.1) is 18.1 Å². The molecule has 0 bridgehead atoms. The first-order chi connectivity index (χ1) is 14.1. The molecule has 1 aliphatic rings. The topological polar surface area (TPSA) is 68.1 Å². The van der Waals surface area contributed by atoms with Gasteiger partial charge in [0, 0.05) is 44.8 Å². The van der Waals surface area contributed by atoms with Crippen molar-refractivity contribution in [2.24, 2.45) is 0 Å². The Balaban J connectivity index is 1.62. The maximum Gasteiger partial charge on any atom is 0.310 e. The predicted octanol–water partition coefficient (Wildman–Crippen LogP) is 3.20. The Kier molecular flexibility index (Phi) is 7.98. The van der Waals surface area contributed by atoms with Crippen LogP contribution in [0.3, 0.4) is 0 Å². The van der Waals surface area contributed by atoms with Crippen LogP contribution < -0.4 is 4.74 Å². The van der Waals surface area contributed by atoms with Crippen LogP contribution in [0.2, 0.25) is 0 Å². The lowest BCUT2D eigenvalue weighted by atomic mass is 10.1. The maximum absolute atomic E-state index is 11.2. The second-order valence-electron chi connectivity index (χ2n) is 7.29. The van der Waals surface area contributed by atoms with Crippen LogP contribution in [0.25, 0.3) is 0 Å². The SMILES string of the molecule is CC(CN1CCOCC1)N(CCOc1ccccc1[N+](=O)[O-])Cc1ccccc1. The molecule has 1 atom stereocenters. The Bertz CT molecular complexity index is 766. The van der Waals surface area contributed by atoms with Gasteiger partial charge in [0.15, 0.2) is 5.75 Å². The van der Waals surface area contributed by atoms with Gasteiger partial charge in [-0.3, -0.25) is 19.9 Å². The molecule has 1 unspecified atom stereocenters. The molecule has 0 amide bonds. The molecule has 0 spiro atoms. The van der Waals surface area contributed by atoms with E-state index in [0.717, 1.165) is 39.4 Å². The molecular formula is C22H29N3O4. The highest BCUT2D eigenvalue weighted by atomic mass is 16.6. The lowest BCUT2D eigenvalue weighted by molar-refractivity contribution is -0.385. The minimum absolute atomic E-state index is 0.00322. The standard InChI is InChI=1S/C22H29N3O4/c1-19(17-23-11-14-28-15-12-23)24(18-20-7-3-2-4-8-20)13-16-29-22-10-6-5-9-21(22)25(26)27/h2-10,19H,11-18H2,1H3. The fourth-order valence-electron chi connectivity index (χ4n) is 3.55. The molecule has 7 nitrogen and oxygen atoms in total. The third-order valence-electron chi connectivity index (χ3n) is 5.18. The van der Waals surface area contributed by atoms with Crippen molar-refractivity contribution in [3.05, 3.63) is 70.3 Å². The molecule has 1 aliphatic heterocycles. The van der Waals surface area contributed by atoms with Crippen molar-refractivity contribution in [2.45, 2.75) is 19.5 Å². The van der Waals surface area contributed by atoms with E-state index in [1.165, 1.54) is 11.6 Å². The molecule has 7 heteroatoms. The Morgan fingerprint density at radius 1 is 1.14 bits per heavy atom. The summed E-state index contributed by atoms with van der Waals surface area (Å²) >= 11 is 0. The van der Waals surface area contributed by atoms with E-state index >= 15 is 0 Å². The monoisotopic (exact) mass is 399 g/mol. The molecule has 1 fully saturated rings. The average Bonchev–Trinajstić information content (AvgIpc) is 2.74. The highest BCUT2D eigenvalue weighted by Crippen LogP contribution is 2.25. The van der Waals surface area contributed by atoms with Crippen molar-refractivity contribution in [3.8, 4) is 5.75 Å². The molecule has 156 valence electrons. The van der Waals surface area contributed by atoms with Gasteiger partial charge in [-0.05, 0) is 18.6 Å². The van der Waals surface area contributed by atoms with Crippen LogP contribution in [0.4, 0.5) is 5.69 Å². The summed E-state index contributed by atoms with van der Waals surface area (Å²) in [6.45, 7) is 8.56. The Labute approximate surface area is 172 Å². The molecule has 1 saturated heterocycles. The molecular weight excluding hydrogens is 370 g/mol. The highest BCUT2D eigenvalue weighted by molar-refractivity contribution is 5.45. The van der Waals surface area contributed by atoms with Crippen molar-refractivity contribution in [1.29, 1.82) is 0 Å². The van der Waals surface area contributed by atoms with E-state index < -0.39 is 4.92 Å². The Hall–Kier alpha value is -2.48. The smallest absolute Gasteiger partial charge is 0.310 e. The van der Waals surface area contributed by atoms with E-state index in [1.807, 2.05) is 18.2 Å². The first-order valence-corrected chi connectivity index (χ1v) is 10.1. The normalized spacial score (nSPS) is 15.9. The molecule has 29 heavy (non-hydrogen) atoms. The van der Waals surface area contributed by atoms with Crippen LogP contribution in [0.1, 0.15) is 12.5 Å². The lowest BCUT2D eigenvalue weighted by Crippen LogP contribution is -2.46. The van der Waals surface area contributed by atoms with Crippen molar-refractivity contribution < 1.29 is 14.4 Å². The number of nitro benzene ring substituents is 1. The average molecular weight is 399 g/mol. The molecule has 0 N–H and O–H groups in total. The molecule has 3 rings (SSSR count). The van der Waals surface area contributed by atoms with E-state index in [2.05, 4.69) is 28.9 Å². The van der Waals surface area contributed by atoms with E-state index in [-0.39, 0.29) is 5.69 Å². The van der Waals surface area contributed by atoms with Gasteiger partial charge in [0.2, 0.25) is 0 Å². The minimum atomic E-state index is -0.405. The first-order valence-electron chi connectivity index (χ1n) is 10.1. The molecule has 2 aromatic carbocycles. The third kappa shape index (κ3) is 6.52. The van der Waals surface area contributed by atoms with Gasteiger partial charge < -0.3 is 9.47 Å². The maximum atomic E-state index is 11.2. The van der Waals surface area contributed by atoms with Crippen LogP contribution in [0.5, 0.6) is 5.75 Å². The van der Waals surface area contributed by atoms with Gasteiger partial charge in [-0.25, -0.2) is 0 Å². The number of nitro groups is 1. The van der Waals surface area contributed by atoms with E-state index in [0.29, 0.717) is 24.9 Å². The summed E-state index contributed by atoms with van der Waals surface area (Å²) in [4.78, 5) is 15.6. The minimum Gasteiger partial charge on any atom is -0.485 e. The zero-order valence-corrected chi connectivity index (χ0v) is 16.9. The van der Waals surface area contributed by atoms with Gasteiger partial charge >= 0.3 is 5.69 Å². The summed E-state index contributed by atoms with van der Waals surface area (Å²) in [5.74, 6) is 0.318. The summed E-state index contributed by atoms with van der Waals surface area (Å²) in [5.41, 5.74) is 1.25. The summed E-state index contributed by atoms with van der Waals surface area (Å²) in [5, 5.41) is 11.2. The second-order valence-corrected chi connectivity index (χ2v) is 7.29. The van der Waals surface area contributed by atoms with Gasteiger partial charge in [-0.2, -0.15) is 0 Å². The molecule has 0 saturated carbocycles. The fourth-order valence-corrected chi connectivity index (χ4v) is 3.55. The molecule has 0 radical (unpaired) electrons. The van der Waals surface area contributed by atoms with Gasteiger partial charge in [-0.15, -0.1) is 0 Å². The molecule has 0 aromatic heterocycles. The summed E-state index contributed by atoms with van der Waals surface area (Å²) < 4.78 is 11.2. The van der Waals surface area contributed by atoms with Crippen molar-refractivity contribution in [1.82, 2.24) is 9.80 Å². The Morgan fingerprint density at radius 2 is 1.83 bits per heavy atom. The van der Waals surface area contributed by atoms with E-state index in [9.17, 15) is 10.1 Å². The van der Waals surface area contributed by atoms with Crippen LogP contribution in [0.15, 0.2) is 54.6 Å². The Morgan fingerprint density at radius 3 is 2.55 bits per heavy atom. The number of ether oxygens (including phenoxy) is 2. The van der Waals surface area contributed by atoms with Gasteiger partial charge in [0.25, 0.3) is 0 Å². The van der Waals surface area contributed by atoms with Crippen LogP contribution in [-0.4, -0.2) is 66.8 Å². The number of benzene rings is 2. The number of nitrogens with zero attached hydrogens (tertiary/aromatic N) is 3. The van der Waals surface area contributed by atoms with Crippen molar-refractivity contribution >= 4 is 5.69 Å². The molecule has 2 aromatic rings. The van der Waals surface area contributed by atoms with Crippen molar-refractivity contribution in [2.75, 3.05) is 46.0 Å². The summed E-state index contributed by atoms with van der Waals surface area (Å²) in [6, 6.07) is 17.2. The molecule has 0 aliphatic carbocycles. The van der Waals surface area contributed by atoms with Gasteiger partial charge in [-0.1, -0.05) is 42.5 Å². The van der Waals surface area contributed by atoms with Gasteiger partial charge in [0.1, 0.15) is 6.61 Å². The zero-order chi connectivity index (χ0) is 20.5. The number of rotatable bonds is 10. The van der Waals surface area contributed by atoms with E-state index in [1.54, 1.807) is 18.2 Å². The largest absolute Gasteiger partial charge is 0.485 e. The zero-order valence-electron chi connectivity index (χ0n) is 16.9. The quantitative estimate of drug-likeness (QED) is 0.451. The first kappa shape index (κ1) is 21.2. The van der Waals surface area contributed by atoms with Crippen LogP contribution in [0, 0.1) is 10.1 Å². The summed E-state index contributed by atoms with van der Waals surface area (Å²) in [7, 11) is 0. The van der Waals surface area contributed by atoms with E-state index in [4.69, 9.17) is 9.47 Å². The number of para-hydroxylation sites is 2. The number of morpholine rings is 1.